The molecule has 0 bridgehead atoms. The quantitative estimate of drug-likeness (QED) is 0.827. The largest absolute Gasteiger partial charge is 0.352 e. The lowest BCUT2D eigenvalue weighted by atomic mass is 10.1. The van der Waals surface area contributed by atoms with Gasteiger partial charge in [-0.2, -0.15) is 8.42 Å². The van der Waals surface area contributed by atoms with Crippen molar-refractivity contribution < 1.29 is 17.8 Å². The molecule has 2 N–H and O–H groups in total. The van der Waals surface area contributed by atoms with Crippen LogP contribution in [0, 0.1) is 0 Å². The first kappa shape index (κ1) is 15.2. The van der Waals surface area contributed by atoms with Gasteiger partial charge < -0.3 is 5.32 Å². The van der Waals surface area contributed by atoms with Crippen LogP contribution < -0.4 is 5.32 Å². The van der Waals surface area contributed by atoms with Gasteiger partial charge in [0.1, 0.15) is 4.90 Å². The van der Waals surface area contributed by atoms with E-state index in [1.54, 1.807) is 6.07 Å². The second-order valence-electron chi connectivity index (χ2n) is 4.46. The Morgan fingerprint density at radius 3 is 2.29 bits per heavy atom. The van der Waals surface area contributed by atoms with Gasteiger partial charge in [0, 0.05) is 6.54 Å². The first-order chi connectivity index (χ1) is 9.98. The highest BCUT2D eigenvalue weighted by Gasteiger charge is 2.19. The van der Waals surface area contributed by atoms with Gasteiger partial charge in [0.25, 0.3) is 16.0 Å². The highest BCUT2D eigenvalue weighted by atomic mass is 32.2. The maximum atomic E-state index is 12.0. The minimum Gasteiger partial charge on any atom is -0.352 e. The maximum Gasteiger partial charge on any atom is 0.295 e. The van der Waals surface area contributed by atoms with Crippen LogP contribution in [-0.2, 0) is 16.5 Å². The molecule has 0 unspecified atom stereocenters. The molecule has 5 nitrogen and oxygen atoms in total. The van der Waals surface area contributed by atoms with Gasteiger partial charge in [-0.3, -0.25) is 9.35 Å². The van der Waals surface area contributed by atoms with Crippen LogP contribution in [-0.4, -0.2) is 25.4 Å². The molecule has 6 heteroatoms. The molecule has 2 aromatic rings. The van der Waals surface area contributed by atoms with Crippen molar-refractivity contribution in [2.24, 2.45) is 0 Å². The molecule has 0 aliphatic carbocycles. The Morgan fingerprint density at radius 2 is 1.62 bits per heavy atom. The van der Waals surface area contributed by atoms with Crippen LogP contribution in [0.15, 0.2) is 59.5 Å². The van der Waals surface area contributed by atoms with Crippen molar-refractivity contribution in [2.75, 3.05) is 6.54 Å². The molecule has 0 saturated carbocycles. The predicted molar refractivity (Wildman–Crippen MR) is 78.7 cm³/mol. The molecular weight excluding hydrogens is 290 g/mol. The Balaban J connectivity index is 2.05. The number of carbonyl (C=O) groups is 1. The van der Waals surface area contributed by atoms with E-state index in [4.69, 9.17) is 4.55 Å². The molecule has 1 amide bonds. The molecule has 0 fully saturated rings. The monoisotopic (exact) mass is 305 g/mol. The summed E-state index contributed by atoms with van der Waals surface area (Å²) in [6.45, 7) is 0.378. The molecule has 110 valence electrons. The lowest BCUT2D eigenvalue weighted by molar-refractivity contribution is 0.0950. The number of rotatable bonds is 5. The van der Waals surface area contributed by atoms with Crippen LogP contribution in [0.2, 0.25) is 0 Å². The van der Waals surface area contributed by atoms with Crippen LogP contribution in [0.4, 0.5) is 0 Å². The van der Waals surface area contributed by atoms with Gasteiger partial charge in [0.15, 0.2) is 0 Å². The predicted octanol–water partition coefficient (Wildman–Crippen LogP) is 1.91. The SMILES string of the molecule is O=C(NCCc1ccccc1)c1ccccc1S(=O)(=O)O. The Labute approximate surface area is 123 Å². The normalized spacial score (nSPS) is 11.1. The van der Waals surface area contributed by atoms with Crippen molar-refractivity contribution in [3.05, 3.63) is 65.7 Å². The fourth-order valence-electron chi connectivity index (χ4n) is 1.94. The molecule has 0 radical (unpaired) electrons. The van der Waals surface area contributed by atoms with Gasteiger partial charge in [0.2, 0.25) is 0 Å². The van der Waals surface area contributed by atoms with E-state index in [0.29, 0.717) is 13.0 Å². The average molecular weight is 305 g/mol. The molecule has 0 atom stereocenters. The zero-order chi connectivity index (χ0) is 15.3. The smallest absolute Gasteiger partial charge is 0.295 e. The Hall–Kier alpha value is -2.18. The third kappa shape index (κ3) is 4.14. The summed E-state index contributed by atoms with van der Waals surface area (Å²) >= 11 is 0. The molecular formula is C15H15NO4S. The number of benzene rings is 2. The molecule has 0 saturated heterocycles. The highest BCUT2D eigenvalue weighted by molar-refractivity contribution is 7.86. The van der Waals surface area contributed by atoms with Gasteiger partial charge >= 0.3 is 0 Å². The average Bonchev–Trinajstić information content (AvgIpc) is 2.47. The Bertz CT molecular complexity index is 726. The van der Waals surface area contributed by atoms with E-state index in [1.807, 2.05) is 30.3 Å². The number of hydrogen-bond acceptors (Lipinski definition) is 3. The second-order valence-corrected chi connectivity index (χ2v) is 5.85. The molecule has 0 aromatic heterocycles. The van der Waals surface area contributed by atoms with Crippen LogP contribution in [0.3, 0.4) is 0 Å². The minimum atomic E-state index is -4.42. The number of nitrogens with one attached hydrogen (secondary N) is 1. The standard InChI is InChI=1S/C15H15NO4S/c17-15(16-11-10-12-6-2-1-3-7-12)13-8-4-5-9-14(13)21(18,19)20/h1-9H,10-11H2,(H,16,17)(H,18,19,20). The lowest BCUT2D eigenvalue weighted by Gasteiger charge is -2.08. The first-order valence-corrected chi connectivity index (χ1v) is 7.81. The van der Waals surface area contributed by atoms with Gasteiger partial charge in [-0.25, -0.2) is 0 Å². The van der Waals surface area contributed by atoms with E-state index >= 15 is 0 Å². The van der Waals surface area contributed by atoms with Gasteiger partial charge in [-0.1, -0.05) is 42.5 Å². The fourth-order valence-corrected chi connectivity index (χ4v) is 2.63. The van der Waals surface area contributed by atoms with Gasteiger partial charge in [-0.15, -0.1) is 0 Å². The van der Waals surface area contributed by atoms with Crippen LogP contribution in [0.25, 0.3) is 0 Å². The number of carbonyl (C=O) groups excluding carboxylic acids is 1. The van der Waals surface area contributed by atoms with E-state index < -0.39 is 16.0 Å². The summed E-state index contributed by atoms with van der Waals surface area (Å²) in [7, 11) is -4.42. The molecule has 2 aromatic carbocycles. The zero-order valence-corrected chi connectivity index (χ0v) is 12.0. The van der Waals surface area contributed by atoms with E-state index in [9.17, 15) is 13.2 Å². The third-order valence-electron chi connectivity index (χ3n) is 2.95. The van der Waals surface area contributed by atoms with E-state index in [2.05, 4.69) is 5.32 Å². The number of hydrogen-bond donors (Lipinski definition) is 2. The maximum absolute atomic E-state index is 12.0. The van der Waals surface area contributed by atoms with Crippen molar-refractivity contribution in [3.8, 4) is 0 Å². The molecule has 21 heavy (non-hydrogen) atoms. The van der Waals surface area contributed by atoms with Crippen LogP contribution in [0.5, 0.6) is 0 Å². The summed E-state index contributed by atoms with van der Waals surface area (Å²) in [5.74, 6) is -0.529. The topological polar surface area (TPSA) is 83.5 Å². The van der Waals surface area contributed by atoms with Crippen molar-refractivity contribution in [3.63, 3.8) is 0 Å². The summed E-state index contributed by atoms with van der Waals surface area (Å²) in [6, 6.07) is 15.2. The first-order valence-electron chi connectivity index (χ1n) is 6.37. The van der Waals surface area contributed by atoms with Gasteiger partial charge in [-0.05, 0) is 24.1 Å². The second kappa shape index (κ2) is 6.51. The molecule has 0 heterocycles. The number of amides is 1. The summed E-state index contributed by atoms with van der Waals surface area (Å²) in [6.07, 6.45) is 0.640. The van der Waals surface area contributed by atoms with Gasteiger partial charge in [0.05, 0.1) is 5.56 Å². The van der Waals surface area contributed by atoms with E-state index in [0.717, 1.165) is 5.56 Å². The molecule has 2 rings (SSSR count). The summed E-state index contributed by atoms with van der Waals surface area (Å²) in [4.78, 5) is 11.6. The summed E-state index contributed by atoms with van der Waals surface area (Å²) in [5, 5.41) is 2.65. The van der Waals surface area contributed by atoms with Crippen LogP contribution in [0.1, 0.15) is 15.9 Å². The zero-order valence-electron chi connectivity index (χ0n) is 11.2. The van der Waals surface area contributed by atoms with E-state index in [-0.39, 0.29) is 10.5 Å². The van der Waals surface area contributed by atoms with E-state index in [1.165, 1.54) is 18.2 Å². The lowest BCUT2D eigenvalue weighted by Crippen LogP contribution is -2.27. The van der Waals surface area contributed by atoms with Crippen molar-refractivity contribution in [1.82, 2.24) is 5.32 Å². The minimum absolute atomic E-state index is 0.0620. The van der Waals surface area contributed by atoms with Crippen LogP contribution >= 0.6 is 0 Å². The third-order valence-corrected chi connectivity index (χ3v) is 3.86. The molecule has 0 aliphatic rings. The molecule has 0 aliphatic heterocycles. The van der Waals surface area contributed by atoms with Crippen molar-refractivity contribution in [2.45, 2.75) is 11.3 Å². The molecule has 0 spiro atoms. The summed E-state index contributed by atoms with van der Waals surface area (Å²) in [5.41, 5.74) is 1.01. The summed E-state index contributed by atoms with van der Waals surface area (Å²) < 4.78 is 31.6. The van der Waals surface area contributed by atoms with Crippen molar-refractivity contribution in [1.29, 1.82) is 0 Å². The van der Waals surface area contributed by atoms with Crippen molar-refractivity contribution >= 4 is 16.0 Å². The highest BCUT2D eigenvalue weighted by Crippen LogP contribution is 2.14. The Morgan fingerprint density at radius 1 is 1.00 bits per heavy atom. The fraction of sp³-hybridized carbons (Fsp3) is 0.133. The Kier molecular flexibility index (Phi) is 4.72.